The smallest absolute Gasteiger partial charge is 0.572 e. The van der Waals surface area contributed by atoms with Gasteiger partial charge in [-0.05, 0) is 12.1 Å². The summed E-state index contributed by atoms with van der Waals surface area (Å²) in [6.07, 6.45) is 0. The van der Waals surface area contributed by atoms with Crippen LogP contribution in [-0.4, -0.2) is 15.5 Å². The molecule has 130 valence electrons. The molecule has 25 heavy (non-hydrogen) atoms. The van der Waals surface area contributed by atoms with Crippen molar-refractivity contribution in [3.63, 3.8) is 0 Å². The predicted octanol–water partition coefficient (Wildman–Crippen LogP) is 0.928. The van der Waals surface area contributed by atoms with Gasteiger partial charge < -0.3 is 9.46 Å². The summed E-state index contributed by atoms with van der Waals surface area (Å²) < 4.78 is 111. The number of benzene rings is 2. The molecule has 4 nitrogen and oxygen atoms in total. The monoisotopic (exact) mass is 393 g/mol. The quantitative estimate of drug-likeness (QED) is 0.336. The molecule has 0 atom stereocenters. The number of hydrogen-bond donors (Lipinski definition) is 0. The average Bonchev–Trinajstić information content (AvgIpc) is 2.50. The molecule has 12 heteroatoms. The van der Waals surface area contributed by atoms with Crippen molar-refractivity contribution in [3.05, 3.63) is 57.8 Å². The number of sulfonamides is 1. The molecular formula is C13H6F6NNaO3S. The summed E-state index contributed by atoms with van der Waals surface area (Å²) in [4.78, 5) is -2.13. The fourth-order valence-electron chi connectivity index (χ4n) is 1.71. The number of rotatable bonds is 4. The van der Waals surface area contributed by atoms with Gasteiger partial charge in [-0.2, -0.15) is 0 Å². The minimum absolute atomic E-state index is 0. The van der Waals surface area contributed by atoms with E-state index in [0.717, 1.165) is 19.2 Å². The van der Waals surface area contributed by atoms with Crippen molar-refractivity contribution >= 4 is 15.7 Å². The Morgan fingerprint density at radius 3 is 1.80 bits per heavy atom. The maximum atomic E-state index is 13.5. The van der Waals surface area contributed by atoms with E-state index >= 15 is 0 Å². The summed E-state index contributed by atoms with van der Waals surface area (Å²) >= 11 is 0. The Labute approximate surface area is 160 Å². The summed E-state index contributed by atoms with van der Waals surface area (Å²) in [7, 11) is -4.23. The summed E-state index contributed by atoms with van der Waals surface area (Å²) in [6, 6.07) is 2.41. The van der Waals surface area contributed by atoms with Gasteiger partial charge in [0.1, 0.15) is 14.9 Å². The topological polar surface area (TPSA) is 57.5 Å². The summed E-state index contributed by atoms with van der Waals surface area (Å²) in [5, 5.41) is 0. The first-order valence-corrected chi connectivity index (χ1v) is 7.37. The summed E-state index contributed by atoms with van der Waals surface area (Å²) in [5.41, 5.74) is -0.641. The molecule has 0 aromatic heterocycles. The molecular weight excluding hydrogens is 387 g/mol. The molecule has 0 spiro atoms. The van der Waals surface area contributed by atoms with Gasteiger partial charge in [0.2, 0.25) is 5.82 Å². The zero-order valence-electron chi connectivity index (χ0n) is 12.6. The van der Waals surface area contributed by atoms with Crippen LogP contribution < -0.4 is 34.3 Å². The third-order valence-corrected chi connectivity index (χ3v) is 4.11. The Morgan fingerprint density at radius 2 is 1.36 bits per heavy atom. The van der Waals surface area contributed by atoms with Crippen LogP contribution in [0.2, 0.25) is 0 Å². The van der Waals surface area contributed by atoms with E-state index in [9.17, 15) is 34.8 Å². The van der Waals surface area contributed by atoms with Gasteiger partial charge in [0.25, 0.3) is 0 Å². The van der Waals surface area contributed by atoms with Gasteiger partial charge >= 0.3 is 29.6 Å². The van der Waals surface area contributed by atoms with Crippen LogP contribution in [-0.2, 0) is 10.0 Å². The molecule has 0 aliphatic heterocycles. The maximum absolute atomic E-state index is 13.5. The maximum Gasteiger partial charge on any atom is 1.00 e. The Bertz CT molecular complexity index is 893. The second-order valence-corrected chi connectivity index (χ2v) is 5.83. The second kappa shape index (κ2) is 7.85. The Balaban J connectivity index is 0.00000312. The Hall–Kier alpha value is -1.43. The molecule has 0 heterocycles. The van der Waals surface area contributed by atoms with Gasteiger partial charge in [0.05, 0.1) is 7.11 Å². The van der Waals surface area contributed by atoms with Crippen molar-refractivity contribution in [2.24, 2.45) is 0 Å². The van der Waals surface area contributed by atoms with E-state index in [-0.39, 0.29) is 35.3 Å². The molecule has 0 fully saturated rings. The van der Waals surface area contributed by atoms with Gasteiger partial charge in [0, 0.05) is 0 Å². The molecule has 2 aromatic rings. The molecule has 0 aliphatic rings. The molecule has 2 rings (SSSR count). The molecule has 0 saturated carbocycles. The average molecular weight is 393 g/mol. The van der Waals surface area contributed by atoms with Crippen LogP contribution in [0.1, 0.15) is 0 Å². The Kier molecular flexibility index (Phi) is 6.79. The Morgan fingerprint density at radius 1 is 0.880 bits per heavy atom. The van der Waals surface area contributed by atoms with Gasteiger partial charge in [-0.1, -0.05) is 6.07 Å². The molecule has 0 amide bonds. The minimum atomic E-state index is -5.35. The molecule has 0 aliphatic carbocycles. The van der Waals surface area contributed by atoms with Crippen molar-refractivity contribution in [3.8, 4) is 5.75 Å². The molecule has 0 saturated heterocycles. The van der Waals surface area contributed by atoms with Crippen LogP contribution in [0.5, 0.6) is 5.75 Å². The van der Waals surface area contributed by atoms with Crippen molar-refractivity contribution in [2.45, 2.75) is 4.90 Å². The van der Waals surface area contributed by atoms with Crippen LogP contribution in [0.15, 0.2) is 23.1 Å². The van der Waals surface area contributed by atoms with E-state index in [4.69, 9.17) is 0 Å². The number of ether oxygens (including phenoxy) is 1. The van der Waals surface area contributed by atoms with E-state index in [1.165, 1.54) is 0 Å². The molecule has 0 N–H and O–H groups in total. The molecule has 2 aromatic carbocycles. The zero-order chi connectivity index (χ0) is 18.2. The van der Waals surface area contributed by atoms with Crippen molar-refractivity contribution in [1.29, 1.82) is 0 Å². The molecule has 0 unspecified atom stereocenters. The molecule has 0 radical (unpaired) electrons. The molecule has 0 bridgehead atoms. The van der Waals surface area contributed by atoms with E-state index in [2.05, 4.69) is 9.46 Å². The number of hydrogen-bond acceptors (Lipinski definition) is 3. The first-order valence-electron chi connectivity index (χ1n) is 5.93. The van der Waals surface area contributed by atoms with Crippen LogP contribution >= 0.6 is 0 Å². The van der Waals surface area contributed by atoms with Crippen molar-refractivity contribution in [1.82, 2.24) is 0 Å². The van der Waals surface area contributed by atoms with Gasteiger partial charge in [0.15, 0.2) is 34.8 Å². The van der Waals surface area contributed by atoms with Gasteiger partial charge in [-0.25, -0.2) is 34.8 Å². The fourth-order valence-corrected chi connectivity index (χ4v) is 2.82. The third kappa shape index (κ3) is 4.05. The van der Waals surface area contributed by atoms with Crippen molar-refractivity contribution < 1.29 is 69.1 Å². The van der Waals surface area contributed by atoms with E-state index in [1.54, 1.807) is 0 Å². The van der Waals surface area contributed by atoms with Crippen LogP contribution in [0, 0.1) is 34.9 Å². The minimum Gasteiger partial charge on any atom is -0.572 e. The van der Waals surface area contributed by atoms with Gasteiger partial charge in [-0.3, -0.25) is 0 Å². The fraction of sp³-hybridized carbons (Fsp3) is 0.0769. The van der Waals surface area contributed by atoms with Crippen LogP contribution in [0.4, 0.5) is 32.0 Å². The van der Waals surface area contributed by atoms with Gasteiger partial charge in [-0.15, -0.1) is 5.69 Å². The van der Waals surface area contributed by atoms with Crippen LogP contribution in [0.25, 0.3) is 4.72 Å². The number of halogens is 6. The van der Waals surface area contributed by atoms with E-state index in [1.807, 2.05) is 0 Å². The first-order chi connectivity index (χ1) is 11.1. The number of methoxy groups -OCH3 is 1. The standard InChI is InChI=1S/C13H6F6NO3S.Na/c1-23-7-3-2-5(4-6(7)14)20-24(21,22)13-11(18)9(16)8(15)10(17)12(13)19;/h2-4H,1H3;/q-1;+1. The normalized spacial score (nSPS) is 11.0. The SMILES string of the molecule is COc1ccc([N-]S(=O)(=O)c2c(F)c(F)c(F)c(F)c2F)cc1F.[Na+]. The van der Waals surface area contributed by atoms with E-state index < -0.39 is 55.5 Å². The van der Waals surface area contributed by atoms with Crippen LogP contribution in [0.3, 0.4) is 0 Å². The summed E-state index contributed by atoms with van der Waals surface area (Å²) in [5.74, 6) is -13.9. The van der Waals surface area contributed by atoms with E-state index in [0.29, 0.717) is 6.07 Å². The second-order valence-electron chi connectivity index (χ2n) is 4.28. The summed E-state index contributed by atoms with van der Waals surface area (Å²) in [6.45, 7) is 0. The third-order valence-electron chi connectivity index (χ3n) is 2.79. The number of nitrogens with zero attached hydrogens (tertiary/aromatic N) is 1. The predicted molar refractivity (Wildman–Crippen MR) is 69.4 cm³/mol. The largest absolute Gasteiger partial charge is 1.00 e. The first kappa shape index (κ1) is 21.6. The van der Waals surface area contributed by atoms with Crippen molar-refractivity contribution in [2.75, 3.05) is 7.11 Å². The zero-order valence-corrected chi connectivity index (χ0v) is 15.4.